The molecule has 0 atom stereocenters. The second-order valence-electron chi connectivity index (χ2n) is 4.56. The number of nitrogen functional groups attached to an aromatic ring is 1. The number of hydrogen-bond donors (Lipinski definition) is 2. The average Bonchev–Trinajstić information content (AvgIpc) is 2.33. The Bertz CT molecular complexity index is 369. The van der Waals surface area contributed by atoms with Gasteiger partial charge in [0.2, 0.25) is 0 Å². The fraction of sp³-hybridized carbons (Fsp3) is 0.533. The van der Waals surface area contributed by atoms with E-state index in [1.807, 2.05) is 12.1 Å². The lowest BCUT2D eigenvalue weighted by molar-refractivity contribution is 0.757. The maximum Gasteiger partial charge on any atom is 0.123 e. The number of benzene rings is 1. The number of unbranched alkanes of at least 4 members (excludes halogenated alkanes) is 2. The van der Waals surface area contributed by atoms with Crippen molar-refractivity contribution in [3.05, 3.63) is 34.9 Å². The zero-order valence-corrected chi connectivity index (χ0v) is 11.1. The highest BCUT2D eigenvalue weighted by atomic mass is 14.7. The second-order valence-corrected chi connectivity index (χ2v) is 4.56. The van der Waals surface area contributed by atoms with E-state index in [9.17, 15) is 0 Å². The molecule has 0 unspecified atom stereocenters. The lowest BCUT2D eigenvalue weighted by Gasteiger charge is -2.13. The summed E-state index contributed by atoms with van der Waals surface area (Å²) >= 11 is 0. The molecule has 0 aliphatic carbocycles. The Morgan fingerprint density at radius 2 is 1.76 bits per heavy atom. The Morgan fingerprint density at radius 1 is 1.12 bits per heavy atom. The van der Waals surface area contributed by atoms with Gasteiger partial charge in [-0.15, -0.1) is 0 Å². The third-order valence-corrected chi connectivity index (χ3v) is 3.14. The molecule has 1 aromatic rings. The van der Waals surface area contributed by atoms with Crippen LogP contribution in [0.4, 0.5) is 0 Å². The predicted molar refractivity (Wildman–Crippen MR) is 74.7 cm³/mol. The van der Waals surface area contributed by atoms with Crippen LogP contribution in [0.3, 0.4) is 0 Å². The molecule has 3 N–H and O–H groups in total. The van der Waals surface area contributed by atoms with Gasteiger partial charge in [0.25, 0.3) is 0 Å². The molecule has 94 valence electrons. The predicted octanol–water partition coefficient (Wildman–Crippen LogP) is 3.66. The minimum absolute atomic E-state index is 0.203. The van der Waals surface area contributed by atoms with Gasteiger partial charge in [-0.1, -0.05) is 44.9 Å². The number of hydrogen-bond acceptors (Lipinski definition) is 1. The zero-order chi connectivity index (χ0) is 12.7. The highest BCUT2D eigenvalue weighted by molar-refractivity contribution is 5.96. The topological polar surface area (TPSA) is 49.9 Å². The van der Waals surface area contributed by atoms with Crippen LogP contribution in [0.15, 0.2) is 18.2 Å². The van der Waals surface area contributed by atoms with E-state index in [0.717, 1.165) is 18.4 Å². The molecule has 0 radical (unpaired) electrons. The highest BCUT2D eigenvalue weighted by Gasteiger charge is 2.09. The van der Waals surface area contributed by atoms with Crippen molar-refractivity contribution in [1.29, 1.82) is 5.41 Å². The quantitative estimate of drug-likeness (QED) is 0.547. The van der Waals surface area contributed by atoms with Crippen LogP contribution in [-0.2, 0) is 12.8 Å². The van der Waals surface area contributed by atoms with Crippen molar-refractivity contribution in [3.8, 4) is 0 Å². The molecule has 0 saturated carbocycles. The third kappa shape index (κ3) is 3.88. The first kappa shape index (κ1) is 13.8. The van der Waals surface area contributed by atoms with Crippen LogP contribution >= 0.6 is 0 Å². The number of aryl methyl sites for hydroxylation is 1. The van der Waals surface area contributed by atoms with Gasteiger partial charge in [0, 0.05) is 5.56 Å². The van der Waals surface area contributed by atoms with E-state index >= 15 is 0 Å². The molecule has 17 heavy (non-hydrogen) atoms. The molecule has 0 spiro atoms. The number of nitrogens with two attached hydrogens (primary N) is 1. The van der Waals surface area contributed by atoms with Gasteiger partial charge in [-0.2, -0.15) is 0 Å². The van der Waals surface area contributed by atoms with Crippen LogP contribution < -0.4 is 5.73 Å². The van der Waals surface area contributed by atoms with Crippen molar-refractivity contribution in [3.63, 3.8) is 0 Å². The van der Waals surface area contributed by atoms with Crippen molar-refractivity contribution in [2.75, 3.05) is 0 Å². The van der Waals surface area contributed by atoms with Crippen LogP contribution in [0.1, 0.15) is 56.2 Å². The highest BCUT2D eigenvalue weighted by Crippen LogP contribution is 2.19. The summed E-state index contributed by atoms with van der Waals surface area (Å²) in [4.78, 5) is 0. The van der Waals surface area contributed by atoms with Gasteiger partial charge in [-0.05, 0) is 36.8 Å². The summed E-state index contributed by atoms with van der Waals surface area (Å²) in [5, 5.41) is 7.66. The molecule has 2 nitrogen and oxygen atoms in total. The van der Waals surface area contributed by atoms with E-state index in [1.54, 1.807) is 0 Å². The summed E-state index contributed by atoms with van der Waals surface area (Å²) in [6.45, 7) is 4.41. The third-order valence-electron chi connectivity index (χ3n) is 3.14. The van der Waals surface area contributed by atoms with Gasteiger partial charge in [0.1, 0.15) is 5.84 Å². The minimum Gasteiger partial charge on any atom is -0.384 e. The Labute approximate surface area is 105 Å². The van der Waals surface area contributed by atoms with E-state index in [-0.39, 0.29) is 5.84 Å². The van der Waals surface area contributed by atoms with E-state index in [2.05, 4.69) is 19.9 Å². The summed E-state index contributed by atoms with van der Waals surface area (Å²) in [7, 11) is 0. The molecule has 0 bridgehead atoms. The van der Waals surface area contributed by atoms with E-state index in [1.165, 1.54) is 36.8 Å². The summed E-state index contributed by atoms with van der Waals surface area (Å²) in [6.07, 6.45) is 6.92. The normalized spacial score (nSPS) is 10.5. The van der Waals surface area contributed by atoms with Crippen LogP contribution in [0, 0.1) is 5.41 Å². The van der Waals surface area contributed by atoms with Crippen LogP contribution in [-0.4, -0.2) is 5.84 Å². The van der Waals surface area contributed by atoms with Crippen LogP contribution in [0.5, 0.6) is 0 Å². The van der Waals surface area contributed by atoms with Crippen LogP contribution in [0.2, 0.25) is 0 Å². The summed E-state index contributed by atoms with van der Waals surface area (Å²) < 4.78 is 0. The average molecular weight is 232 g/mol. The molecule has 1 aromatic carbocycles. The van der Waals surface area contributed by atoms with Crippen molar-refractivity contribution < 1.29 is 0 Å². The first-order valence-electron chi connectivity index (χ1n) is 6.65. The number of nitrogens with one attached hydrogen (secondary N) is 1. The molecule has 0 aliphatic heterocycles. The molecule has 0 amide bonds. The molecule has 0 fully saturated rings. The Morgan fingerprint density at radius 3 is 2.35 bits per heavy atom. The molecular weight excluding hydrogens is 208 g/mol. The van der Waals surface area contributed by atoms with Gasteiger partial charge >= 0.3 is 0 Å². The molecule has 2 heteroatoms. The van der Waals surface area contributed by atoms with Crippen molar-refractivity contribution in [2.45, 2.75) is 52.4 Å². The molecule has 0 aliphatic rings. The minimum atomic E-state index is 0.203. The van der Waals surface area contributed by atoms with Gasteiger partial charge < -0.3 is 5.73 Å². The maximum atomic E-state index is 7.66. The summed E-state index contributed by atoms with van der Waals surface area (Å²) in [6, 6.07) is 6.19. The summed E-state index contributed by atoms with van der Waals surface area (Å²) in [5.74, 6) is 0.203. The van der Waals surface area contributed by atoms with E-state index in [0.29, 0.717) is 0 Å². The lowest BCUT2D eigenvalue weighted by Crippen LogP contribution is -2.15. The van der Waals surface area contributed by atoms with E-state index in [4.69, 9.17) is 11.1 Å². The van der Waals surface area contributed by atoms with Crippen molar-refractivity contribution in [2.24, 2.45) is 5.73 Å². The van der Waals surface area contributed by atoms with Crippen LogP contribution in [0.25, 0.3) is 0 Å². The number of rotatable bonds is 7. The van der Waals surface area contributed by atoms with Crippen molar-refractivity contribution in [1.82, 2.24) is 0 Å². The first-order chi connectivity index (χ1) is 8.20. The zero-order valence-electron chi connectivity index (χ0n) is 11.1. The molecular formula is C15H24N2. The fourth-order valence-electron chi connectivity index (χ4n) is 2.14. The Hall–Kier alpha value is -1.31. The number of amidine groups is 1. The van der Waals surface area contributed by atoms with Gasteiger partial charge in [-0.3, -0.25) is 5.41 Å². The molecule has 0 saturated heterocycles. The SMILES string of the molecule is CCCCc1cccc(C(=N)N)c1CCCC. The smallest absolute Gasteiger partial charge is 0.123 e. The Kier molecular flexibility index (Phi) is 5.75. The van der Waals surface area contributed by atoms with E-state index < -0.39 is 0 Å². The lowest BCUT2D eigenvalue weighted by atomic mass is 9.93. The van der Waals surface area contributed by atoms with Gasteiger partial charge in [-0.25, -0.2) is 0 Å². The maximum absolute atomic E-state index is 7.66. The molecule has 1 rings (SSSR count). The fourth-order valence-corrected chi connectivity index (χ4v) is 2.14. The largest absolute Gasteiger partial charge is 0.384 e. The van der Waals surface area contributed by atoms with Crippen molar-refractivity contribution >= 4 is 5.84 Å². The summed E-state index contributed by atoms with van der Waals surface area (Å²) in [5.41, 5.74) is 9.29. The first-order valence-corrected chi connectivity index (χ1v) is 6.65. The second kappa shape index (κ2) is 7.10. The van der Waals surface area contributed by atoms with Gasteiger partial charge in [0.15, 0.2) is 0 Å². The molecule has 0 aromatic heterocycles. The monoisotopic (exact) mass is 232 g/mol. The standard InChI is InChI=1S/C15H24N2/c1-3-5-8-12-9-7-11-14(15(16)17)13(12)10-6-4-2/h7,9,11H,3-6,8,10H2,1-2H3,(H3,16,17). The Balaban J connectivity index is 3.00. The molecule has 0 heterocycles. The van der Waals surface area contributed by atoms with Gasteiger partial charge in [0.05, 0.1) is 0 Å².